The maximum absolute atomic E-state index is 13.2. The van der Waals surface area contributed by atoms with E-state index in [1.54, 1.807) is 17.1 Å². The van der Waals surface area contributed by atoms with Gasteiger partial charge in [-0.2, -0.15) is 10.2 Å². The van der Waals surface area contributed by atoms with Crippen molar-refractivity contribution < 1.29 is 18.7 Å². The molecule has 0 saturated carbocycles. The van der Waals surface area contributed by atoms with Crippen LogP contribution in [0, 0.1) is 11.7 Å². The predicted molar refractivity (Wildman–Crippen MR) is 117 cm³/mol. The summed E-state index contributed by atoms with van der Waals surface area (Å²) in [5.41, 5.74) is 0.560. The molecule has 0 aliphatic carbocycles. The Morgan fingerprint density at radius 3 is 2.66 bits per heavy atom. The Bertz CT molecular complexity index is 1110. The van der Waals surface area contributed by atoms with Crippen LogP contribution in [0.2, 0.25) is 5.02 Å². The highest BCUT2D eigenvalue weighted by molar-refractivity contribution is 6.30. The van der Waals surface area contributed by atoms with Crippen molar-refractivity contribution in [3.8, 4) is 5.75 Å². The lowest BCUT2D eigenvalue weighted by Crippen LogP contribution is -2.28. The number of anilines is 1. The van der Waals surface area contributed by atoms with Crippen molar-refractivity contribution >= 4 is 29.1 Å². The van der Waals surface area contributed by atoms with E-state index in [0.29, 0.717) is 24.5 Å². The van der Waals surface area contributed by atoms with Crippen LogP contribution in [-0.2, 0) is 13.3 Å². The molecule has 0 aliphatic heterocycles. The first-order valence-corrected chi connectivity index (χ1v) is 10.4. The average molecular weight is 463 g/mol. The smallest absolute Gasteiger partial charge is 0.276 e. The molecule has 0 bridgehead atoms. The highest BCUT2D eigenvalue weighted by Crippen LogP contribution is 2.21. The summed E-state index contributed by atoms with van der Waals surface area (Å²) in [5.74, 6) is -0.759. The van der Waals surface area contributed by atoms with Crippen molar-refractivity contribution in [3.63, 3.8) is 0 Å². The fourth-order valence-corrected chi connectivity index (χ4v) is 2.84. The van der Waals surface area contributed by atoms with Gasteiger partial charge in [0.05, 0.1) is 10.7 Å². The van der Waals surface area contributed by atoms with Gasteiger partial charge in [0.25, 0.3) is 11.8 Å². The molecule has 11 heteroatoms. The van der Waals surface area contributed by atoms with Crippen LogP contribution < -0.4 is 15.4 Å². The Morgan fingerprint density at radius 1 is 1.19 bits per heavy atom. The van der Waals surface area contributed by atoms with Gasteiger partial charge in [-0.05, 0) is 31.0 Å². The van der Waals surface area contributed by atoms with Crippen LogP contribution in [0.5, 0.6) is 5.75 Å². The summed E-state index contributed by atoms with van der Waals surface area (Å²) in [7, 11) is 0. The molecule has 0 radical (unpaired) electrons. The third-order valence-corrected chi connectivity index (χ3v) is 4.64. The molecule has 32 heavy (non-hydrogen) atoms. The summed E-state index contributed by atoms with van der Waals surface area (Å²) in [6.45, 7) is 6.88. The molecular formula is C21H24ClFN6O3. The molecule has 170 valence electrons. The van der Waals surface area contributed by atoms with Crippen LogP contribution in [0.1, 0.15) is 41.7 Å². The summed E-state index contributed by atoms with van der Waals surface area (Å²) in [4.78, 5) is 25.1. The molecule has 0 unspecified atom stereocenters. The molecule has 1 aromatic carbocycles. The molecule has 9 nitrogen and oxygen atoms in total. The zero-order chi connectivity index (χ0) is 23.3. The molecule has 2 N–H and O–H groups in total. The number of carbonyl (C=O) groups excluding carboxylic acids is 2. The van der Waals surface area contributed by atoms with E-state index < -0.39 is 11.7 Å². The lowest BCUT2D eigenvalue weighted by Gasteiger charge is -2.08. The first-order chi connectivity index (χ1) is 15.3. The molecule has 0 atom stereocenters. The second kappa shape index (κ2) is 10.3. The van der Waals surface area contributed by atoms with E-state index in [1.807, 2.05) is 20.8 Å². The quantitative estimate of drug-likeness (QED) is 0.506. The second-order valence-electron chi connectivity index (χ2n) is 7.39. The summed E-state index contributed by atoms with van der Waals surface area (Å²) >= 11 is 5.73. The van der Waals surface area contributed by atoms with Gasteiger partial charge in [-0.15, -0.1) is 0 Å². The standard InChI is InChI=1S/C21H24ClFN6O3/c1-4-28-11-18(19(27-28)21(31)24-10-13(2)3)25-20(30)17-7-8-29(26-17)12-32-14-5-6-16(23)15(22)9-14/h5-9,11,13H,4,10,12H2,1-3H3,(H,24,31)(H,25,30). The van der Waals surface area contributed by atoms with E-state index in [9.17, 15) is 14.0 Å². The lowest BCUT2D eigenvalue weighted by atomic mass is 10.2. The van der Waals surface area contributed by atoms with E-state index in [1.165, 1.54) is 28.9 Å². The molecule has 0 aliphatic rings. The Balaban J connectivity index is 1.66. The van der Waals surface area contributed by atoms with E-state index in [0.717, 1.165) is 0 Å². The van der Waals surface area contributed by atoms with Crippen molar-refractivity contribution in [1.29, 1.82) is 0 Å². The number of nitrogens with one attached hydrogen (secondary N) is 2. The third kappa shape index (κ3) is 5.85. The largest absolute Gasteiger partial charge is 0.471 e. The zero-order valence-electron chi connectivity index (χ0n) is 17.9. The summed E-state index contributed by atoms with van der Waals surface area (Å²) in [6.07, 6.45) is 3.16. The normalized spacial score (nSPS) is 10.9. The van der Waals surface area contributed by atoms with Crippen molar-refractivity contribution in [2.24, 2.45) is 5.92 Å². The third-order valence-electron chi connectivity index (χ3n) is 4.35. The SMILES string of the molecule is CCn1cc(NC(=O)c2ccn(COc3ccc(F)c(Cl)c3)n2)c(C(=O)NCC(C)C)n1. The van der Waals surface area contributed by atoms with Gasteiger partial charge in [0.1, 0.15) is 11.6 Å². The van der Waals surface area contributed by atoms with E-state index >= 15 is 0 Å². The number of nitrogens with zero attached hydrogens (tertiary/aromatic N) is 4. The van der Waals surface area contributed by atoms with Gasteiger partial charge in [0, 0.05) is 31.5 Å². The number of hydrogen-bond donors (Lipinski definition) is 2. The maximum atomic E-state index is 13.2. The van der Waals surface area contributed by atoms with Crippen LogP contribution in [0.25, 0.3) is 0 Å². The van der Waals surface area contributed by atoms with Crippen molar-refractivity contribution in [1.82, 2.24) is 24.9 Å². The molecule has 0 spiro atoms. The maximum Gasteiger partial charge on any atom is 0.276 e. The van der Waals surface area contributed by atoms with Gasteiger partial charge in [-0.3, -0.25) is 14.3 Å². The van der Waals surface area contributed by atoms with Crippen LogP contribution in [0.3, 0.4) is 0 Å². The van der Waals surface area contributed by atoms with Gasteiger partial charge in [0.2, 0.25) is 0 Å². The number of rotatable bonds is 9. The first-order valence-electron chi connectivity index (χ1n) is 10.0. The number of benzene rings is 1. The molecule has 2 heterocycles. The highest BCUT2D eigenvalue weighted by atomic mass is 35.5. The molecule has 0 fully saturated rings. The first kappa shape index (κ1) is 23.3. The van der Waals surface area contributed by atoms with Gasteiger partial charge in [-0.1, -0.05) is 25.4 Å². The van der Waals surface area contributed by atoms with Crippen LogP contribution in [-0.4, -0.2) is 37.9 Å². The molecular weight excluding hydrogens is 439 g/mol. The van der Waals surface area contributed by atoms with Gasteiger partial charge < -0.3 is 15.4 Å². The Hall–Kier alpha value is -3.40. The van der Waals surface area contributed by atoms with Crippen LogP contribution >= 0.6 is 11.6 Å². The van der Waals surface area contributed by atoms with Crippen molar-refractivity contribution in [2.45, 2.75) is 34.0 Å². The number of halogens is 2. The van der Waals surface area contributed by atoms with Crippen LogP contribution in [0.4, 0.5) is 10.1 Å². The number of aryl methyl sites for hydroxylation is 1. The Morgan fingerprint density at radius 2 is 1.97 bits per heavy atom. The van der Waals surface area contributed by atoms with E-state index in [-0.39, 0.29) is 35.0 Å². The number of hydrogen-bond acceptors (Lipinski definition) is 5. The minimum atomic E-state index is -0.541. The molecule has 3 rings (SSSR count). The predicted octanol–water partition coefficient (Wildman–Crippen LogP) is 3.57. The summed E-state index contributed by atoms with van der Waals surface area (Å²) in [6, 6.07) is 5.50. The molecule has 3 aromatic rings. The highest BCUT2D eigenvalue weighted by Gasteiger charge is 2.20. The summed E-state index contributed by atoms with van der Waals surface area (Å²) in [5, 5.41) is 13.8. The zero-order valence-corrected chi connectivity index (χ0v) is 18.7. The monoisotopic (exact) mass is 462 g/mol. The second-order valence-corrected chi connectivity index (χ2v) is 7.80. The minimum Gasteiger partial charge on any atom is -0.471 e. The topological polar surface area (TPSA) is 103 Å². The number of carbonyl (C=O) groups is 2. The average Bonchev–Trinajstić information content (AvgIpc) is 3.40. The van der Waals surface area contributed by atoms with Gasteiger partial charge in [0.15, 0.2) is 18.1 Å². The summed E-state index contributed by atoms with van der Waals surface area (Å²) < 4.78 is 21.7. The van der Waals surface area contributed by atoms with Gasteiger partial charge >= 0.3 is 0 Å². The van der Waals surface area contributed by atoms with Crippen molar-refractivity contribution in [3.05, 3.63) is 58.9 Å². The fraction of sp³-hybridized carbons (Fsp3) is 0.333. The van der Waals surface area contributed by atoms with Gasteiger partial charge in [-0.25, -0.2) is 9.07 Å². The number of aromatic nitrogens is 4. The molecule has 2 aromatic heterocycles. The minimum absolute atomic E-state index is 0.00807. The van der Waals surface area contributed by atoms with E-state index in [2.05, 4.69) is 20.8 Å². The molecule has 0 saturated heterocycles. The van der Waals surface area contributed by atoms with Crippen molar-refractivity contribution in [2.75, 3.05) is 11.9 Å². The fourth-order valence-electron chi connectivity index (χ4n) is 2.67. The molecule has 2 amide bonds. The lowest BCUT2D eigenvalue weighted by molar-refractivity contribution is 0.0944. The Kier molecular flexibility index (Phi) is 7.47. The number of amides is 2. The van der Waals surface area contributed by atoms with Crippen LogP contribution in [0.15, 0.2) is 36.7 Å². The number of ether oxygens (including phenoxy) is 1. The van der Waals surface area contributed by atoms with E-state index in [4.69, 9.17) is 16.3 Å². The Labute approximate surface area is 189 Å².